The molecule has 1 aliphatic carbocycles. The maximum atomic E-state index is 9.27. The van der Waals surface area contributed by atoms with Gasteiger partial charge in [0.1, 0.15) is 0 Å². The number of likely N-dealkylation sites (tertiary alicyclic amines) is 1. The van der Waals surface area contributed by atoms with Crippen LogP contribution in [0.4, 0.5) is 0 Å². The molecule has 1 aliphatic heterocycles. The highest BCUT2D eigenvalue weighted by atomic mass is 16.3. The number of aliphatic hydroxyl groups excluding tert-OH is 1. The molecule has 2 fully saturated rings. The van der Waals surface area contributed by atoms with Crippen LogP contribution in [0.3, 0.4) is 0 Å². The molecule has 0 amide bonds. The third kappa shape index (κ3) is 2.94. The van der Waals surface area contributed by atoms with Crippen LogP contribution in [0.25, 0.3) is 0 Å². The monoisotopic (exact) mass is 211 g/mol. The van der Waals surface area contributed by atoms with Crippen LogP contribution < -0.4 is 0 Å². The van der Waals surface area contributed by atoms with E-state index in [0.29, 0.717) is 12.6 Å². The second kappa shape index (κ2) is 5.31. The van der Waals surface area contributed by atoms with Gasteiger partial charge in [-0.2, -0.15) is 0 Å². The second-order valence-electron chi connectivity index (χ2n) is 5.60. The summed E-state index contributed by atoms with van der Waals surface area (Å²) < 4.78 is 0. The number of rotatable bonds is 3. The lowest BCUT2D eigenvalue weighted by Gasteiger charge is -2.32. The van der Waals surface area contributed by atoms with E-state index in [1.165, 1.54) is 51.6 Å². The average molecular weight is 211 g/mol. The standard InChI is InChI=1S/C13H25NO/c1-11-4-6-12(7-5-11)9-14-8-2-3-13(14)10-15/h11-13,15H,2-10H2,1H3/t11?,12?,13-/m0/s1. The van der Waals surface area contributed by atoms with Crippen LogP contribution in [0.1, 0.15) is 45.4 Å². The van der Waals surface area contributed by atoms with Crippen LogP contribution in [0, 0.1) is 11.8 Å². The Morgan fingerprint density at radius 3 is 2.53 bits per heavy atom. The predicted molar refractivity (Wildman–Crippen MR) is 62.8 cm³/mol. The minimum Gasteiger partial charge on any atom is -0.395 e. The summed E-state index contributed by atoms with van der Waals surface area (Å²) in [7, 11) is 0. The van der Waals surface area contributed by atoms with E-state index in [-0.39, 0.29) is 0 Å². The molecule has 1 heterocycles. The molecule has 0 aromatic rings. The lowest BCUT2D eigenvalue weighted by atomic mass is 9.83. The van der Waals surface area contributed by atoms with Gasteiger partial charge in [-0.25, -0.2) is 0 Å². The van der Waals surface area contributed by atoms with Crippen LogP contribution in [0.15, 0.2) is 0 Å². The van der Waals surface area contributed by atoms with Gasteiger partial charge in [0.15, 0.2) is 0 Å². The van der Waals surface area contributed by atoms with Crippen molar-refractivity contribution in [1.29, 1.82) is 0 Å². The molecule has 1 saturated heterocycles. The molecule has 1 saturated carbocycles. The molecule has 1 N–H and O–H groups in total. The number of nitrogens with zero attached hydrogens (tertiary/aromatic N) is 1. The first-order chi connectivity index (χ1) is 7.29. The van der Waals surface area contributed by atoms with E-state index in [4.69, 9.17) is 0 Å². The zero-order valence-electron chi connectivity index (χ0n) is 9.99. The van der Waals surface area contributed by atoms with Gasteiger partial charge in [0.25, 0.3) is 0 Å². The molecule has 0 aromatic carbocycles. The van der Waals surface area contributed by atoms with Crippen LogP contribution in [0.5, 0.6) is 0 Å². The van der Waals surface area contributed by atoms with Crippen molar-refractivity contribution in [3.8, 4) is 0 Å². The van der Waals surface area contributed by atoms with Gasteiger partial charge >= 0.3 is 0 Å². The maximum absolute atomic E-state index is 9.27. The first-order valence-electron chi connectivity index (χ1n) is 6.64. The van der Waals surface area contributed by atoms with E-state index >= 15 is 0 Å². The molecule has 0 bridgehead atoms. The van der Waals surface area contributed by atoms with Crippen molar-refractivity contribution in [3.05, 3.63) is 0 Å². The number of hydrogen-bond donors (Lipinski definition) is 1. The first kappa shape index (κ1) is 11.4. The van der Waals surface area contributed by atoms with E-state index in [1.54, 1.807) is 0 Å². The second-order valence-corrected chi connectivity index (χ2v) is 5.60. The Labute approximate surface area is 93.7 Å². The third-order valence-corrected chi connectivity index (χ3v) is 4.34. The summed E-state index contributed by atoms with van der Waals surface area (Å²) in [6, 6.07) is 0.476. The summed E-state index contributed by atoms with van der Waals surface area (Å²) in [5.41, 5.74) is 0. The molecule has 0 spiro atoms. The lowest BCUT2D eigenvalue weighted by Crippen LogP contribution is -2.37. The van der Waals surface area contributed by atoms with Crippen LogP contribution in [-0.4, -0.2) is 35.7 Å². The normalized spacial score (nSPS) is 38.4. The highest BCUT2D eigenvalue weighted by molar-refractivity contribution is 4.82. The third-order valence-electron chi connectivity index (χ3n) is 4.34. The Balaban J connectivity index is 1.76. The van der Waals surface area contributed by atoms with Gasteiger partial charge in [0.05, 0.1) is 6.61 Å². The number of hydrogen-bond acceptors (Lipinski definition) is 2. The van der Waals surface area contributed by atoms with E-state index in [2.05, 4.69) is 11.8 Å². The van der Waals surface area contributed by atoms with Gasteiger partial charge < -0.3 is 5.11 Å². The fourth-order valence-electron chi connectivity index (χ4n) is 3.19. The fourth-order valence-corrected chi connectivity index (χ4v) is 3.19. The van der Waals surface area contributed by atoms with E-state index in [9.17, 15) is 5.11 Å². The smallest absolute Gasteiger partial charge is 0.0586 e. The summed E-state index contributed by atoms with van der Waals surface area (Å²) >= 11 is 0. The van der Waals surface area contributed by atoms with E-state index < -0.39 is 0 Å². The maximum Gasteiger partial charge on any atom is 0.0586 e. The molecule has 1 atom stereocenters. The molecule has 0 unspecified atom stereocenters. The Bertz CT molecular complexity index is 187. The highest BCUT2D eigenvalue weighted by Crippen LogP contribution is 2.30. The van der Waals surface area contributed by atoms with Crippen LogP contribution in [0.2, 0.25) is 0 Å². The summed E-state index contributed by atoms with van der Waals surface area (Å²) in [5.74, 6) is 1.86. The van der Waals surface area contributed by atoms with Gasteiger partial charge in [-0.15, -0.1) is 0 Å². The Hall–Kier alpha value is -0.0800. The molecular formula is C13H25NO. The zero-order chi connectivity index (χ0) is 10.7. The quantitative estimate of drug-likeness (QED) is 0.774. The largest absolute Gasteiger partial charge is 0.395 e. The van der Waals surface area contributed by atoms with Gasteiger partial charge in [-0.1, -0.05) is 19.8 Å². The SMILES string of the molecule is CC1CCC(CN2CCC[C@H]2CO)CC1. The van der Waals surface area contributed by atoms with E-state index in [0.717, 1.165) is 11.8 Å². The minimum absolute atomic E-state index is 0.364. The van der Waals surface area contributed by atoms with Crippen molar-refractivity contribution in [3.63, 3.8) is 0 Å². The van der Waals surface area contributed by atoms with Gasteiger partial charge in [-0.3, -0.25) is 4.90 Å². The average Bonchev–Trinajstić information content (AvgIpc) is 2.69. The van der Waals surface area contributed by atoms with Crippen molar-refractivity contribution in [2.75, 3.05) is 19.7 Å². The summed E-state index contributed by atoms with van der Waals surface area (Å²) in [5, 5.41) is 9.27. The Kier molecular flexibility index (Phi) is 4.04. The minimum atomic E-state index is 0.364. The van der Waals surface area contributed by atoms with Crippen molar-refractivity contribution in [2.24, 2.45) is 11.8 Å². The van der Waals surface area contributed by atoms with E-state index in [1.807, 2.05) is 0 Å². The molecule has 2 rings (SSSR count). The molecular weight excluding hydrogens is 186 g/mol. The fraction of sp³-hybridized carbons (Fsp3) is 1.00. The Morgan fingerprint density at radius 2 is 1.87 bits per heavy atom. The molecule has 15 heavy (non-hydrogen) atoms. The zero-order valence-corrected chi connectivity index (χ0v) is 9.99. The molecule has 0 radical (unpaired) electrons. The molecule has 2 aliphatic rings. The van der Waals surface area contributed by atoms with Crippen LogP contribution >= 0.6 is 0 Å². The van der Waals surface area contributed by atoms with Crippen molar-refractivity contribution >= 4 is 0 Å². The summed E-state index contributed by atoms with van der Waals surface area (Å²) in [6.45, 7) is 5.21. The van der Waals surface area contributed by atoms with Gasteiger partial charge in [-0.05, 0) is 44.1 Å². The highest BCUT2D eigenvalue weighted by Gasteiger charge is 2.27. The molecule has 88 valence electrons. The van der Waals surface area contributed by atoms with Crippen molar-refractivity contribution in [2.45, 2.75) is 51.5 Å². The molecule has 2 heteroatoms. The predicted octanol–water partition coefficient (Wildman–Crippen LogP) is 2.27. The first-order valence-corrected chi connectivity index (χ1v) is 6.64. The van der Waals surface area contributed by atoms with Crippen molar-refractivity contribution < 1.29 is 5.11 Å². The molecule has 2 nitrogen and oxygen atoms in total. The van der Waals surface area contributed by atoms with Gasteiger partial charge in [0, 0.05) is 12.6 Å². The van der Waals surface area contributed by atoms with Gasteiger partial charge in [0.2, 0.25) is 0 Å². The molecule has 0 aromatic heterocycles. The summed E-state index contributed by atoms with van der Waals surface area (Å²) in [4.78, 5) is 2.53. The Morgan fingerprint density at radius 1 is 1.13 bits per heavy atom. The lowest BCUT2D eigenvalue weighted by molar-refractivity contribution is 0.126. The topological polar surface area (TPSA) is 23.5 Å². The van der Waals surface area contributed by atoms with Crippen LogP contribution in [-0.2, 0) is 0 Å². The summed E-state index contributed by atoms with van der Waals surface area (Å²) in [6.07, 6.45) is 8.16. The van der Waals surface area contributed by atoms with Crippen molar-refractivity contribution in [1.82, 2.24) is 4.90 Å². The number of aliphatic hydroxyl groups is 1.